The van der Waals surface area contributed by atoms with E-state index in [-0.39, 0.29) is 18.2 Å². The summed E-state index contributed by atoms with van der Waals surface area (Å²) in [6, 6.07) is 18.0. The molecule has 0 N–H and O–H groups in total. The number of hydrogen-bond acceptors (Lipinski definition) is 5. The second-order valence-corrected chi connectivity index (χ2v) is 9.52. The number of benzene rings is 2. The third-order valence-electron chi connectivity index (χ3n) is 5.58. The van der Waals surface area contributed by atoms with E-state index in [0.29, 0.717) is 10.0 Å². The Bertz CT molecular complexity index is 942. The van der Waals surface area contributed by atoms with Crippen molar-refractivity contribution in [1.82, 2.24) is 9.80 Å². The minimum Gasteiger partial charge on any atom is -0.355 e. The fourth-order valence-corrected chi connectivity index (χ4v) is 5.43. The first-order valence-electron chi connectivity index (χ1n) is 10.2. The first-order chi connectivity index (χ1) is 14.5. The monoisotopic (exact) mass is 439 g/mol. The van der Waals surface area contributed by atoms with E-state index < -0.39 is 5.25 Å². The Kier molecular flexibility index (Phi) is 6.51. The van der Waals surface area contributed by atoms with Crippen LogP contribution in [-0.4, -0.2) is 57.4 Å². The molecule has 7 heteroatoms. The number of piperazine rings is 1. The molecule has 2 aromatic carbocycles. The molecule has 2 aliphatic heterocycles. The number of imide groups is 1. The van der Waals surface area contributed by atoms with Crippen molar-refractivity contribution in [1.29, 1.82) is 0 Å². The van der Waals surface area contributed by atoms with E-state index >= 15 is 0 Å². The summed E-state index contributed by atoms with van der Waals surface area (Å²) in [6.45, 7) is 6.40. The van der Waals surface area contributed by atoms with Crippen molar-refractivity contribution in [3.8, 4) is 0 Å². The van der Waals surface area contributed by atoms with Gasteiger partial charge in [0.15, 0.2) is 0 Å². The van der Waals surface area contributed by atoms with Gasteiger partial charge in [-0.15, -0.1) is 0 Å². The molecule has 0 unspecified atom stereocenters. The number of anilines is 1. The molecule has 1 atom stereocenters. The van der Waals surface area contributed by atoms with Gasteiger partial charge in [-0.3, -0.25) is 14.5 Å². The van der Waals surface area contributed by atoms with Crippen LogP contribution in [0.15, 0.2) is 54.6 Å². The van der Waals surface area contributed by atoms with E-state index in [2.05, 4.69) is 34.1 Å². The highest BCUT2D eigenvalue weighted by Gasteiger charge is 2.41. The lowest BCUT2D eigenvalue weighted by atomic mass is 10.2. The Morgan fingerprint density at radius 1 is 1.00 bits per heavy atom. The number of carbonyl (C=O) groups is 2. The lowest BCUT2D eigenvalue weighted by Crippen LogP contribution is -2.47. The zero-order valence-corrected chi connectivity index (χ0v) is 18.6. The molecular weight excluding hydrogens is 414 g/mol. The minimum absolute atomic E-state index is 0.151. The number of thiocarbonyl (C=S) groups is 1. The quantitative estimate of drug-likeness (QED) is 0.537. The molecule has 2 heterocycles. The summed E-state index contributed by atoms with van der Waals surface area (Å²) < 4.78 is 0.715. The maximum atomic E-state index is 12.9. The molecule has 2 saturated heterocycles. The number of amides is 2. The van der Waals surface area contributed by atoms with Gasteiger partial charge in [-0.05, 0) is 24.1 Å². The molecule has 4 rings (SSSR count). The van der Waals surface area contributed by atoms with Crippen molar-refractivity contribution in [3.05, 3.63) is 65.7 Å². The van der Waals surface area contributed by atoms with Gasteiger partial charge >= 0.3 is 0 Å². The van der Waals surface area contributed by atoms with Gasteiger partial charge in [0, 0.05) is 39.1 Å². The van der Waals surface area contributed by atoms with E-state index in [9.17, 15) is 9.59 Å². The SMILES string of the molecule is Cc1ccccc1N1C(=O)C[C@H](SC(=S)N2CCN(Cc3ccccc3)CC2)C1=O. The first kappa shape index (κ1) is 21.0. The van der Waals surface area contributed by atoms with Gasteiger partial charge < -0.3 is 4.90 Å². The number of aryl methyl sites for hydroxylation is 1. The predicted molar refractivity (Wildman–Crippen MR) is 126 cm³/mol. The molecule has 2 aliphatic rings. The Hall–Kier alpha value is -2.22. The molecule has 156 valence electrons. The summed E-state index contributed by atoms with van der Waals surface area (Å²) in [5.41, 5.74) is 2.91. The van der Waals surface area contributed by atoms with Gasteiger partial charge in [0.1, 0.15) is 9.57 Å². The smallest absolute Gasteiger partial charge is 0.247 e. The van der Waals surface area contributed by atoms with Crippen molar-refractivity contribution >= 4 is 45.8 Å². The van der Waals surface area contributed by atoms with Crippen molar-refractivity contribution in [3.63, 3.8) is 0 Å². The zero-order chi connectivity index (χ0) is 21.1. The van der Waals surface area contributed by atoms with Crippen LogP contribution < -0.4 is 4.90 Å². The lowest BCUT2D eigenvalue weighted by Gasteiger charge is -2.36. The van der Waals surface area contributed by atoms with Crippen LogP contribution >= 0.6 is 24.0 Å². The number of para-hydroxylation sites is 1. The van der Waals surface area contributed by atoms with Crippen LogP contribution in [0.3, 0.4) is 0 Å². The second-order valence-electron chi connectivity index (χ2n) is 7.68. The summed E-state index contributed by atoms with van der Waals surface area (Å²) >= 11 is 7.00. The first-order valence-corrected chi connectivity index (χ1v) is 11.5. The molecular formula is C23H25N3O2S2. The van der Waals surface area contributed by atoms with Gasteiger partial charge in [-0.2, -0.15) is 0 Å². The summed E-state index contributed by atoms with van der Waals surface area (Å²) in [6.07, 6.45) is 0.200. The molecule has 0 bridgehead atoms. The van der Waals surface area contributed by atoms with Crippen molar-refractivity contribution in [2.75, 3.05) is 31.1 Å². The van der Waals surface area contributed by atoms with Gasteiger partial charge in [0.2, 0.25) is 11.8 Å². The van der Waals surface area contributed by atoms with Crippen LogP contribution in [0.2, 0.25) is 0 Å². The molecule has 0 radical (unpaired) electrons. The average Bonchev–Trinajstić information content (AvgIpc) is 3.02. The predicted octanol–water partition coefficient (Wildman–Crippen LogP) is 3.46. The normalized spacial score (nSPS) is 20.1. The van der Waals surface area contributed by atoms with Crippen molar-refractivity contribution in [2.45, 2.75) is 25.1 Å². The van der Waals surface area contributed by atoms with Crippen LogP contribution in [0.25, 0.3) is 0 Å². The second kappa shape index (κ2) is 9.29. The highest BCUT2D eigenvalue weighted by molar-refractivity contribution is 8.23. The molecule has 0 aromatic heterocycles. The van der Waals surface area contributed by atoms with Crippen LogP contribution in [0, 0.1) is 6.92 Å². The number of nitrogens with zero attached hydrogens (tertiary/aromatic N) is 3. The van der Waals surface area contributed by atoms with Gasteiger partial charge in [-0.25, -0.2) is 4.90 Å². The van der Waals surface area contributed by atoms with Crippen LogP contribution in [0.5, 0.6) is 0 Å². The maximum Gasteiger partial charge on any atom is 0.247 e. The van der Waals surface area contributed by atoms with Crippen molar-refractivity contribution in [2.24, 2.45) is 0 Å². The van der Waals surface area contributed by atoms with E-state index in [1.165, 1.54) is 22.2 Å². The Morgan fingerprint density at radius 2 is 1.67 bits per heavy atom. The maximum absolute atomic E-state index is 12.9. The summed E-state index contributed by atoms with van der Waals surface area (Å²) in [5, 5.41) is -0.438. The molecule has 30 heavy (non-hydrogen) atoms. The molecule has 0 aliphatic carbocycles. The van der Waals surface area contributed by atoms with E-state index in [1.807, 2.05) is 37.3 Å². The standard InChI is InChI=1S/C23H25N3O2S2/c1-17-7-5-6-10-19(17)26-21(27)15-20(22(26)28)30-23(29)25-13-11-24(12-14-25)16-18-8-3-2-4-9-18/h2-10,20H,11-16H2,1H3/t20-/m0/s1. The van der Waals surface area contributed by atoms with Crippen LogP contribution in [0.4, 0.5) is 5.69 Å². The third-order valence-corrected chi connectivity index (χ3v) is 7.24. The minimum atomic E-state index is -0.438. The Balaban J connectivity index is 1.32. The van der Waals surface area contributed by atoms with Gasteiger partial charge in [0.25, 0.3) is 0 Å². The van der Waals surface area contributed by atoms with Crippen molar-refractivity contribution < 1.29 is 9.59 Å². The molecule has 0 saturated carbocycles. The zero-order valence-electron chi connectivity index (χ0n) is 17.0. The Labute approximate surface area is 187 Å². The largest absolute Gasteiger partial charge is 0.355 e. The van der Waals surface area contributed by atoms with E-state index in [4.69, 9.17) is 12.2 Å². The molecule has 0 spiro atoms. The molecule has 5 nitrogen and oxygen atoms in total. The molecule has 2 aromatic rings. The Morgan fingerprint density at radius 3 is 2.37 bits per heavy atom. The molecule has 2 fully saturated rings. The summed E-state index contributed by atoms with van der Waals surface area (Å²) in [5.74, 6) is -0.313. The molecule has 2 amide bonds. The number of rotatable bonds is 4. The van der Waals surface area contributed by atoms with E-state index in [1.54, 1.807) is 0 Å². The lowest BCUT2D eigenvalue weighted by molar-refractivity contribution is -0.121. The van der Waals surface area contributed by atoms with Crippen LogP contribution in [-0.2, 0) is 16.1 Å². The fourth-order valence-electron chi connectivity index (χ4n) is 3.89. The highest BCUT2D eigenvalue weighted by atomic mass is 32.2. The highest BCUT2D eigenvalue weighted by Crippen LogP contribution is 2.32. The fraction of sp³-hybridized carbons (Fsp3) is 0.348. The number of thioether (sulfide) groups is 1. The van der Waals surface area contributed by atoms with Gasteiger partial charge in [0.05, 0.1) is 5.69 Å². The summed E-state index contributed by atoms with van der Waals surface area (Å²) in [7, 11) is 0. The third kappa shape index (κ3) is 4.58. The van der Waals surface area contributed by atoms with Gasteiger partial charge in [-0.1, -0.05) is 72.5 Å². The topological polar surface area (TPSA) is 43.9 Å². The number of hydrogen-bond donors (Lipinski definition) is 0. The summed E-state index contributed by atoms with van der Waals surface area (Å²) in [4.78, 5) is 31.4. The van der Waals surface area contributed by atoms with E-state index in [0.717, 1.165) is 38.3 Å². The average molecular weight is 440 g/mol. The number of carbonyl (C=O) groups excluding carboxylic acids is 2. The van der Waals surface area contributed by atoms with Crippen LogP contribution in [0.1, 0.15) is 17.5 Å².